The largest absolute Gasteiger partial charge is 0.441 e. The lowest BCUT2D eigenvalue weighted by molar-refractivity contribution is 0.356. The van der Waals surface area contributed by atoms with Crippen molar-refractivity contribution in [2.45, 2.75) is 25.8 Å². The van der Waals surface area contributed by atoms with Gasteiger partial charge in [-0.25, -0.2) is 4.79 Å². The average Bonchev–Trinajstić information content (AvgIpc) is 2.33. The normalized spacial score (nSPS) is 16.0. The van der Waals surface area contributed by atoms with Crippen molar-refractivity contribution >= 4 is 0 Å². The van der Waals surface area contributed by atoms with Gasteiger partial charge in [0.2, 0.25) is 0 Å². The van der Waals surface area contributed by atoms with E-state index in [1.54, 1.807) is 7.05 Å². The van der Waals surface area contributed by atoms with E-state index in [1.165, 1.54) is 4.57 Å². The third-order valence-electron chi connectivity index (χ3n) is 2.05. The molecule has 1 rings (SSSR count). The lowest BCUT2D eigenvalue weighted by Crippen LogP contribution is -2.36. The van der Waals surface area contributed by atoms with E-state index in [-0.39, 0.29) is 0 Å². The molecule has 0 aliphatic heterocycles. The monoisotopic (exact) mass is 171 g/mol. The Labute approximate surface area is 70.2 Å². The predicted molar refractivity (Wildman–Crippen MR) is 43.6 cm³/mol. The van der Waals surface area contributed by atoms with Crippen LogP contribution in [0.4, 0.5) is 0 Å². The second-order valence-electron chi connectivity index (χ2n) is 3.10. The van der Waals surface area contributed by atoms with E-state index >= 15 is 0 Å². The summed E-state index contributed by atoms with van der Waals surface area (Å²) in [6, 6.07) is 0. The van der Waals surface area contributed by atoms with Gasteiger partial charge in [0.05, 0.1) is 5.54 Å². The molecule has 0 aliphatic rings. The number of rotatable bonds is 2. The molecular formula is C7H13N3O2. The maximum Gasteiger partial charge on any atom is 0.441 e. The molecule has 0 radical (unpaired) electrons. The number of nitrogens with zero attached hydrogens (tertiary/aromatic N) is 2. The summed E-state index contributed by atoms with van der Waals surface area (Å²) in [5.41, 5.74) is 5.27. The van der Waals surface area contributed by atoms with Gasteiger partial charge in [-0.1, -0.05) is 12.1 Å². The van der Waals surface area contributed by atoms with Crippen LogP contribution in [0.15, 0.2) is 9.32 Å². The van der Waals surface area contributed by atoms with Gasteiger partial charge in [-0.05, 0) is 13.3 Å². The molecule has 0 saturated carbocycles. The molecule has 12 heavy (non-hydrogen) atoms. The molecule has 0 bridgehead atoms. The third kappa shape index (κ3) is 1.27. The molecule has 5 nitrogen and oxygen atoms in total. The van der Waals surface area contributed by atoms with E-state index in [1.807, 2.05) is 13.8 Å². The van der Waals surface area contributed by atoms with Crippen LogP contribution in [-0.2, 0) is 12.6 Å². The van der Waals surface area contributed by atoms with Crippen LogP contribution in [0.25, 0.3) is 0 Å². The van der Waals surface area contributed by atoms with Gasteiger partial charge in [-0.2, -0.15) is 0 Å². The maximum atomic E-state index is 10.9. The highest BCUT2D eigenvalue weighted by Gasteiger charge is 2.25. The number of hydrogen-bond donors (Lipinski definition) is 1. The summed E-state index contributed by atoms with van der Waals surface area (Å²) in [6.45, 7) is 3.74. The summed E-state index contributed by atoms with van der Waals surface area (Å²) in [7, 11) is 1.59. The molecule has 0 aliphatic carbocycles. The molecule has 1 aromatic rings. The molecule has 0 amide bonds. The zero-order valence-electron chi connectivity index (χ0n) is 7.50. The minimum Gasteiger partial charge on any atom is -0.319 e. The van der Waals surface area contributed by atoms with Crippen LogP contribution in [0, 0.1) is 0 Å². The van der Waals surface area contributed by atoms with Crippen LogP contribution in [0.3, 0.4) is 0 Å². The molecule has 0 fully saturated rings. The Bertz CT molecular complexity index is 324. The maximum absolute atomic E-state index is 10.9. The molecule has 0 spiro atoms. The summed E-state index contributed by atoms with van der Waals surface area (Å²) in [5, 5.41) is 3.61. The van der Waals surface area contributed by atoms with Gasteiger partial charge >= 0.3 is 5.76 Å². The van der Waals surface area contributed by atoms with E-state index in [0.29, 0.717) is 12.2 Å². The second kappa shape index (κ2) is 2.75. The summed E-state index contributed by atoms with van der Waals surface area (Å²) in [6.07, 6.45) is 0.701. The first-order chi connectivity index (χ1) is 5.49. The zero-order valence-corrected chi connectivity index (χ0v) is 7.50. The molecule has 5 heteroatoms. The molecule has 2 N–H and O–H groups in total. The summed E-state index contributed by atoms with van der Waals surface area (Å²) in [5.74, 6) is 0.00475. The fourth-order valence-corrected chi connectivity index (χ4v) is 0.937. The Hall–Kier alpha value is -1.10. The van der Waals surface area contributed by atoms with Crippen LogP contribution in [-0.4, -0.2) is 9.72 Å². The smallest absolute Gasteiger partial charge is 0.319 e. The first-order valence-corrected chi connectivity index (χ1v) is 3.81. The highest BCUT2D eigenvalue weighted by molar-refractivity contribution is 5.00. The van der Waals surface area contributed by atoms with E-state index < -0.39 is 11.3 Å². The van der Waals surface area contributed by atoms with E-state index in [0.717, 1.165) is 0 Å². The molecular weight excluding hydrogens is 158 g/mol. The van der Waals surface area contributed by atoms with E-state index in [2.05, 4.69) is 9.68 Å². The SMILES string of the molecule is CC[C@](C)(N)c1noc(=O)n1C. The Morgan fingerprint density at radius 3 is 2.67 bits per heavy atom. The molecule has 68 valence electrons. The quantitative estimate of drug-likeness (QED) is 0.677. The minimum absolute atomic E-state index is 0.477. The zero-order chi connectivity index (χ0) is 9.35. The van der Waals surface area contributed by atoms with Crippen molar-refractivity contribution in [2.75, 3.05) is 0 Å². The van der Waals surface area contributed by atoms with Crippen molar-refractivity contribution in [1.82, 2.24) is 9.72 Å². The van der Waals surface area contributed by atoms with E-state index in [4.69, 9.17) is 5.73 Å². The number of aromatic nitrogens is 2. The van der Waals surface area contributed by atoms with Crippen molar-refractivity contribution in [1.29, 1.82) is 0 Å². The van der Waals surface area contributed by atoms with Crippen molar-refractivity contribution in [3.8, 4) is 0 Å². The van der Waals surface area contributed by atoms with Crippen LogP contribution in [0.1, 0.15) is 26.1 Å². The van der Waals surface area contributed by atoms with E-state index in [9.17, 15) is 4.79 Å². The molecule has 0 unspecified atom stereocenters. The van der Waals surface area contributed by atoms with Crippen molar-refractivity contribution in [2.24, 2.45) is 12.8 Å². The van der Waals surface area contributed by atoms with Gasteiger partial charge in [0.15, 0.2) is 5.82 Å². The summed E-state index contributed by atoms with van der Waals surface area (Å²) >= 11 is 0. The Balaban J connectivity index is 3.20. The fraction of sp³-hybridized carbons (Fsp3) is 0.714. The van der Waals surface area contributed by atoms with Crippen LogP contribution in [0.5, 0.6) is 0 Å². The van der Waals surface area contributed by atoms with Crippen molar-refractivity contribution < 1.29 is 4.52 Å². The summed E-state index contributed by atoms with van der Waals surface area (Å²) in [4.78, 5) is 10.9. The van der Waals surface area contributed by atoms with Gasteiger partial charge in [0, 0.05) is 7.05 Å². The number of nitrogens with two attached hydrogens (primary N) is 1. The molecule has 1 aromatic heterocycles. The van der Waals surface area contributed by atoms with Gasteiger partial charge in [-0.15, -0.1) is 0 Å². The van der Waals surface area contributed by atoms with Gasteiger partial charge in [0.1, 0.15) is 0 Å². The number of hydrogen-bond acceptors (Lipinski definition) is 4. The molecule has 1 atom stereocenters. The predicted octanol–water partition coefficient (Wildman–Crippen LogP) is -0.0428. The standard InChI is InChI=1S/C7H13N3O2/c1-4-7(2,8)5-9-12-6(11)10(5)3/h4,8H2,1-3H3/t7-/m0/s1. The second-order valence-corrected chi connectivity index (χ2v) is 3.10. The van der Waals surface area contributed by atoms with Crippen molar-refractivity contribution in [3.63, 3.8) is 0 Å². The van der Waals surface area contributed by atoms with Gasteiger partial charge < -0.3 is 5.73 Å². The summed E-state index contributed by atoms with van der Waals surface area (Å²) < 4.78 is 5.78. The lowest BCUT2D eigenvalue weighted by atomic mass is 10.00. The topological polar surface area (TPSA) is 74.1 Å². The Morgan fingerprint density at radius 2 is 2.33 bits per heavy atom. The van der Waals surface area contributed by atoms with Crippen LogP contribution < -0.4 is 11.5 Å². The Kier molecular flexibility index (Phi) is 2.06. The average molecular weight is 171 g/mol. The first-order valence-electron chi connectivity index (χ1n) is 3.81. The van der Waals surface area contributed by atoms with Gasteiger partial charge in [0.25, 0.3) is 0 Å². The van der Waals surface area contributed by atoms with Crippen molar-refractivity contribution in [3.05, 3.63) is 16.4 Å². The first kappa shape index (κ1) is 8.99. The molecule has 0 saturated heterocycles. The van der Waals surface area contributed by atoms with Gasteiger partial charge in [-0.3, -0.25) is 9.09 Å². The molecule has 0 aromatic carbocycles. The minimum atomic E-state index is -0.596. The molecule has 1 heterocycles. The highest BCUT2D eigenvalue weighted by atomic mass is 16.5. The lowest BCUT2D eigenvalue weighted by Gasteiger charge is -2.19. The third-order valence-corrected chi connectivity index (χ3v) is 2.05. The fourth-order valence-electron chi connectivity index (χ4n) is 0.937. The van der Waals surface area contributed by atoms with Crippen LogP contribution in [0.2, 0.25) is 0 Å². The Morgan fingerprint density at radius 1 is 1.75 bits per heavy atom. The van der Waals surface area contributed by atoms with Crippen LogP contribution >= 0.6 is 0 Å². The highest BCUT2D eigenvalue weighted by Crippen LogP contribution is 2.16.